The number of likely N-dealkylation sites (tertiary alicyclic amines) is 1. The van der Waals surface area contributed by atoms with E-state index in [1.54, 1.807) is 49.6 Å². The number of aryl methyl sites for hydroxylation is 2. The molecular weight excluding hydrogens is 573 g/mol. The number of rotatable bonds is 10. The fourth-order valence-electron chi connectivity index (χ4n) is 4.84. The normalized spacial score (nSPS) is 13.5. The second-order valence-corrected chi connectivity index (χ2v) is 10.3. The Morgan fingerprint density at radius 3 is 2.52 bits per heavy atom. The van der Waals surface area contributed by atoms with Gasteiger partial charge in [-0.3, -0.25) is 4.90 Å². The molecule has 2 amide bonds. The lowest BCUT2D eigenvalue weighted by Gasteiger charge is -2.18. The summed E-state index contributed by atoms with van der Waals surface area (Å²) in [6.45, 7) is 6.66. The molecule has 230 valence electrons. The van der Waals surface area contributed by atoms with Crippen molar-refractivity contribution in [3.05, 3.63) is 83.9 Å². The van der Waals surface area contributed by atoms with Crippen LogP contribution in [-0.4, -0.2) is 52.1 Å². The van der Waals surface area contributed by atoms with Crippen LogP contribution in [0.15, 0.2) is 67.0 Å². The zero-order valence-corrected chi connectivity index (χ0v) is 24.4. The monoisotopic (exact) mass is 606 g/mol. The molecule has 2 aromatic carbocycles. The Morgan fingerprint density at radius 1 is 0.977 bits per heavy atom. The molecular formula is C32H33F3N6O3. The molecule has 0 aliphatic carbocycles. The maximum absolute atomic E-state index is 13.4. The van der Waals surface area contributed by atoms with Crippen LogP contribution in [0.3, 0.4) is 0 Å². The summed E-state index contributed by atoms with van der Waals surface area (Å²) in [7, 11) is 0. The number of carbonyl (C=O) groups is 1. The molecule has 0 atom stereocenters. The quantitative estimate of drug-likeness (QED) is 0.195. The number of urea groups is 1. The van der Waals surface area contributed by atoms with Crippen molar-refractivity contribution in [1.82, 2.24) is 19.9 Å². The smallest absolute Gasteiger partial charge is 0.416 e. The molecule has 4 aromatic rings. The van der Waals surface area contributed by atoms with Crippen LogP contribution in [0.1, 0.15) is 36.7 Å². The first-order valence-corrected chi connectivity index (χ1v) is 14.4. The van der Waals surface area contributed by atoms with Crippen LogP contribution in [-0.2, 0) is 12.6 Å². The molecule has 0 spiro atoms. The minimum Gasteiger partial charge on any atom is -0.490 e. The lowest BCUT2D eigenvalue weighted by molar-refractivity contribution is -0.137. The third kappa shape index (κ3) is 7.81. The van der Waals surface area contributed by atoms with Crippen molar-refractivity contribution < 1.29 is 27.4 Å². The molecule has 5 rings (SSSR count). The van der Waals surface area contributed by atoms with Gasteiger partial charge in [0.25, 0.3) is 0 Å². The van der Waals surface area contributed by atoms with E-state index < -0.39 is 17.8 Å². The molecule has 9 nitrogen and oxygen atoms in total. The summed E-state index contributed by atoms with van der Waals surface area (Å²) in [5.74, 6) is 1.73. The molecule has 2 aromatic heterocycles. The number of hydrogen-bond donors (Lipinski definition) is 2. The van der Waals surface area contributed by atoms with Gasteiger partial charge >= 0.3 is 12.2 Å². The summed E-state index contributed by atoms with van der Waals surface area (Å²) in [6.07, 6.45) is 1.66. The molecule has 0 saturated carbocycles. The first kappa shape index (κ1) is 30.7. The van der Waals surface area contributed by atoms with Crippen molar-refractivity contribution in [2.45, 2.75) is 39.3 Å². The highest BCUT2D eigenvalue weighted by atomic mass is 19.4. The zero-order valence-electron chi connectivity index (χ0n) is 24.4. The first-order chi connectivity index (χ1) is 21.2. The number of ether oxygens (including phenoxy) is 2. The maximum atomic E-state index is 13.4. The molecule has 1 fully saturated rings. The van der Waals surface area contributed by atoms with E-state index in [-0.39, 0.29) is 18.0 Å². The largest absolute Gasteiger partial charge is 0.490 e. The minimum absolute atomic E-state index is 0.0749. The Kier molecular flexibility index (Phi) is 9.59. The highest BCUT2D eigenvalue weighted by molar-refractivity contribution is 6.00. The molecule has 3 heterocycles. The molecule has 2 N–H and O–H groups in total. The Balaban J connectivity index is 1.27. The van der Waals surface area contributed by atoms with Gasteiger partial charge < -0.3 is 20.1 Å². The Labute approximate surface area is 253 Å². The fourth-order valence-corrected chi connectivity index (χ4v) is 4.84. The van der Waals surface area contributed by atoms with Gasteiger partial charge in [-0.1, -0.05) is 6.92 Å². The van der Waals surface area contributed by atoms with Gasteiger partial charge in [-0.05, 0) is 93.0 Å². The molecule has 44 heavy (non-hydrogen) atoms. The van der Waals surface area contributed by atoms with Crippen molar-refractivity contribution in [2.24, 2.45) is 0 Å². The maximum Gasteiger partial charge on any atom is 0.416 e. The van der Waals surface area contributed by atoms with Crippen molar-refractivity contribution >= 4 is 17.4 Å². The number of anilines is 2. The number of hydrogen-bond acceptors (Lipinski definition) is 7. The molecule has 0 unspecified atom stereocenters. The average Bonchev–Trinajstić information content (AvgIpc) is 3.52. The molecule has 0 radical (unpaired) electrons. The summed E-state index contributed by atoms with van der Waals surface area (Å²) < 4.78 is 52.2. The van der Waals surface area contributed by atoms with Gasteiger partial charge in [-0.2, -0.15) is 13.2 Å². The SMILES string of the molecule is CCc1nccc(-c2cccnc2Oc2ccc(NC(=O)Nc3cc(C(F)(F)F)ccc3OCCN3CCCC3)cc2C)n1. The first-order valence-electron chi connectivity index (χ1n) is 14.4. The van der Waals surface area contributed by atoms with E-state index in [0.29, 0.717) is 52.9 Å². The standard InChI is InChI=1S/C32H33F3N6O3/c1-3-29-36-14-12-25(39-29)24-7-6-13-37-30(24)44-27-11-9-23(19-21(27)2)38-31(42)40-26-20-22(32(33,34)35)8-10-28(26)43-18-17-41-15-4-5-16-41/h6-14,19-20H,3-5,15-18H2,1-2H3,(H2,38,40,42). The van der Waals surface area contributed by atoms with Crippen LogP contribution < -0.4 is 20.1 Å². The van der Waals surface area contributed by atoms with E-state index in [1.807, 2.05) is 13.0 Å². The number of pyridine rings is 1. The summed E-state index contributed by atoms with van der Waals surface area (Å²) in [5, 5.41) is 5.19. The van der Waals surface area contributed by atoms with Crippen LogP contribution in [0.2, 0.25) is 0 Å². The summed E-state index contributed by atoms with van der Waals surface area (Å²) in [6, 6.07) is 12.8. The second-order valence-electron chi connectivity index (χ2n) is 10.3. The number of nitrogens with zero attached hydrogens (tertiary/aromatic N) is 4. The summed E-state index contributed by atoms with van der Waals surface area (Å²) in [4.78, 5) is 28.3. The molecule has 1 saturated heterocycles. The van der Waals surface area contributed by atoms with Crippen LogP contribution >= 0.6 is 0 Å². The van der Waals surface area contributed by atoms with Crippen molar-refractivity contribution in [2.75, 3.05) is 36.9 Å². The molecule has 1 aliphatic rings. The Morgan fingerprint density at radius 2 is 1.77 bits per heavy atom. The lowest BCUT2D eigenvalue weighted by atomic mass is 10.1. The van der Waals surface area contributed by atoms with E-state index in [0.717, 1.165) is 38.1 Å². The summed E-state index contributed by atoms with van der Waals surface area (Å²) >= 11 is 0. The van der Waals surface area contributed by atoms with Gasteiger partial charge in [0, 0.05) is 31.0 Å². The summed E-state index contributed by atoms with van der Waals surface area (Å²) in [5.41, 5.74) is 1.53. The van der Waals surface area contributed by atoms with Crippen LogP contribution in [0.25, 0.3) is 11.3 Å². The van der Waals surface area contributed by atoms with Gasteiger partial charge in [0.1, 0.15) is 23.9 Å². The molecule has 0 bridgehead atoms. The van der Waals surface area contributed by atoms with E-state index in [4.69, 9.17) is 9.47 Å². The topological polar surface area (TPSA) is 102 Å². The van der Waals surface area contributed by atoms with Gasteiger partial charge in [0.15, 0.2) is 0 Å². The number of nitrogens with one attached hydrogen (secondary N) is 2. The average molecular weight is 607 g/mol. The molecule has 1 aliphatic heterocycles. The van der Waals surface area contributed by atoms with E-state index >= 15 is 0 Å². The van der Waals surface area contributed by atoms with Crippen molar-refractivity contribution in [3.8, 4) is 28.6 Å². The highest BCUT2D eigenvalue weighted by Gasteiger charge is 2.31. The lowest BCUT2D eigenvalue weighted by Crippen LogP contribution is -2.25. The van der Waals surface area contributed by atoms with Crippen LogP contribution in [0.4, 0.5) is 29.3 Å². The van der Waals surface area contributed by atoms with E-state index in [9.17, 15) is 18.0 Å². The molecule has 12 heteroatoms. The van der Waals surface area contributed by atoms with Gasteiger partial charge in [0.05, 0.1) is 22.5 Å². The van der Waals surface area contributed by atoms with Gasteiger partial charge in [-0.15, -0.1) is 0 Å². The second kappa shape index (κ2) is 13.7. The number of benzene rings is 2. The van der Waals surface area contributed by atoms with Crippen molar-refractivity contribution in [3.63, 3.8) is 0 Å². The third-order valence-electron chi connectivity index (χ3n) is 7.13. The number of carbonyl (C=O) groups excluding carboxylic acids is 1. The highest BCUT2D eigenvalue weighted by Crippen LogP contribution is 2.36. The van der Waals surface area contributed by atoms with Crippen LogP contribution in [0, 0.1) is 6.92 Å². The van der Waals surface area contributed by atoms with Gasteiger partial charge in [0.2, 0.25) is 5.88 Å². The number of halogens is 3. The van der Waals surface area contributed by atoms with Crippen molar-refractivity contribution in [1.29, 1.82) is 0 Å². The predicted octanol–water partition coefficient (Wildman–Crippen LogP) is 7.34. The zero-order chi connectivity index (χ0) is 31.1. The van der Waals surface area contributed by atoms with Gasteiger partial charge in [-0.25, -0.2) is 19.7 Å². The number of aromatic nitrogens is 3. The fraction of sp³-hybridized carbons (Fsp3) is 0.312. The van der Waals surface area contributed by atoms with E-state index in [1.165, 1.54) is 6.07 Å². The predicted molar refractivity (Wildman–Crippen MR) is 161 cm³/mol. The van der Waals surface area contributed by atoms with Crippen LogP contribution in [0.5, 0.6) is 17.4 Å². The number of alkyl halides is 3. The van der Waals surface area contributed by atoms with E-state index in [2.05, 4.69) is 30.5 Å². The Hall–Kier alpha value is -4.71. The minimum atomic E-state index is -4.58. The number of amides is 2. The third-order valence-corrected chi connectivity index (χ3v) is 7.13. The Bertz CT molecular complexity index is 1610.